The highest BCUT2D eigenvalue weighted by molar-refractivity contribution is 5.33. The van der Waals surface area contributed by atoms with Gasteiger partial charge in [-0.3, -0.25) is 4.68 Å². The lowest BCUT2D eigenvalue weighted by atomic mass is 10.1. The van der Waals surface area contributed by atoms with Gasteiger partial charge < -0.3 is 10.1 Å². The Hall–Kier alpha value is -2.39. The molecule has 0 atom stereocenters. The molecule has 0 radical (unpaired) electrons. The molecule has 5 nitrogen and oxygen atoms in total. The van der Waals surface area contributed by atoms with Gasteiger partial charge in [-0.05, 0) is 44.0 Å². The Morgan fingerprint density at radius 2 is 2.16 bits per heavy atom. The fourth-order valence-electron chi connectivity index (χ4n) is 3.04. The van der Waals surface area contributed by atoms with Crippen LogP contribution in [0.25, 0.3) is 0 Å². The lowest BCUT2D eigenvalue weighted by Gasteiger charge is -2.22. The predicted molar refractivity (Wildman–Crippen MR) is 92.9 cm³/mol. The quantitative estimate of drug-likeness (QED) is 0.903. The summed E-state index contributed by atoms with van der Waals surface area (Å²) in [5.41, 5.74) is 1.76. The number of benzene rings is 1. The first kappa shape index (κ1) is 17.4. The van der Waals surface area contributed by atoms with Crippen LogP contribution in [0.15, 0.2) is 24.4 Å². The molecule has 1 N–H and O–H groups in total. The monoisotopic (exact) mass is 342 g/mol. The van der Waals surface area contributed by atoms with E-state index in [0.717, 1.165) is 31.5 Å². The van der Waals surface area contributed by atoms with Gasteiger partial charge >= 0.3 is 0 Å². The van der Waals surface area contributed by atoms with E-state index in [1.165, 1.54) is 6.07 Å². The number of hydrogen-bond acceptors (Lipinski definition) is 4. The van der Waals surface area contributed by atoms with Crippen LogP contribution < -0.4 is 10.1 Å². The van der Waals surface area contributed by atoms with Crippen molar-refractivity contribution in [3.63, 3.8) is 0 Å². The highest BCUT2D eigenvalue weighted by Gasteiger charge is 2.21. The normalized spacial score (nSPS) is 15.3. The number of halogens is 1. The van der Waals surface area contributed by atoms with Crippen LogP contribution in [0.1, 0.15) is 55.3 Å². The zero-order chi connectivity index (χ0) is 17.8. The number of aromatic nitrogens is 2. The van der Waals surface area contributed by atoms with E-state index in [0.29, 0.717) is 23.0 Å². The maximum absolute atomic E-state index is 14.0. The van der Waals surface area contributed by atoms with E-state index in [1.807, 2.05) is 10.8 Å². The van der Waals surface area contributed by atoms with Gasteiger partial charge in [0.15, 0.2) is 0 Å². The number of hydrogen-bond donors (Lipinski definition) is 1. The van der Waals surface area contributed by atoms with Crippen molar-refractivity contribution >= 4 is 0 Å². The first-order chi connectivity index (χ1) is 12.1. The standard InChI is InChI=1S/C19H23FN4O/c1-13(2)17-11-24(16-5-7-22-8-6-16)23-19(17)25-12-15-4-3-14(10-21)9-18(15)20/h3-4,9,11,13,16,22H,5-8,12H2,1-2H3. The van der Waals surface area contributed by atoms with E-state index in [-0.39, 0.29) is 12.5 Å². The average Bonchev–Trinajstić information content (AvgIpc) is 3.06. The Labute approximate surface area is 147 Å². The number of ether oxygens (including phenoxy) is 1. The second kappa shape index (κ2) is 7.66. The Kier molecular flexibility index (Phi) is 5.34. The molecule has 1 aromatic carbocycles. The van der Waals surface area contributed by atoms with Gasteiger partial charge in [0.1, 0.15) is 12.4 Å². The minimum absolute atomic E-state index is 0.0977. The molecule has 0 unspecified atom stereocenters. The minimum Gasteiger partial charge on any atom is -0.471 e. The highest BCUT2D eigenvalue weighted by Crippen LogP contribution is 2.29. The Balaban J connectivity index is 1.77. The molecule has 1 aromatic heterocycles. The van der Waals surface area contributed by atoms with Crippen molar-refractivity contribution in [3.05, 3.63) is 46.9 Å². The summed E-state index contributed by atoms with van der Waals surface area (Å²) in [5.74, 6) is 0.413. The molecule has 1 saturated heterocycles. The van der Waals surface area contributed by atoms with Gasteiger partial charge in [0.05, 0.1) is 17.7 Å². The van der Waals surface area contributed by atoms with Crippen molar-refractivity contribution in [1.29, 1.82) is 5.26 Å². The maximum Gasteiger partial charge on any atom is 0.236 e. The molecule has 2 aromatic rings. The topological polar surface area (TPSA) is 62.9 Å². The largest absolute Gasteiger partial charge is 0.471 e. The van der Waals surface area contributed by atoms with E-state index in [2.05, 4.69) is 30.5 Å². The Morgan fingerprint density at radius 3 is 2.80 bits per heavy atom. The van der Waals surface area contributed by atoms with Crippen LogP contribution in [0.3, 0.4) is 0 Å². The third-order valence-corrected chi connectivity index (χ3v) is 4.58. The number of rotatable bonds is 5. The summed E-state index contributed by atoms with van der Waals surface area (Å²) in [7, 11) is 0. The minimum atomic E-state index is -0.428. The van der Waals surface area contributed by atoms with Gasteiger partial charge in [0.2, 0.25) is 5.88 Å². The van der Waals surface area contributed by atoms with Crippen LogP contribution in [0, 0.1) is 17.1 Å². The smallest absolute Gasteiger partial charge is 0.236 e. The SMILES string of the molecule is CC(C)c1cn(C2CCNCC2)nc1OCc1ccc(C#N)cc1F. The molecule has 6 heteroatoms. The van der Waals surface area contributed by atoms with E-state index >= 15 is 0 Å². The zero-order valence-electron chi connectivity index (χ0n) is 14.6. The molecular weight excluding hydrogens is 319 g/mol. The van der Waals surface area contributed by atoms with Crippen LogP contribution in [0.2, 0.25) is 0 Å². The van der Waals surface area contributed by atoms with E-state index in [4.69, 9.17) is 10.00 Å². The van der Waals surface area contributed by atoms with Gasteiger partial charge in [-0.1, -0.05) is 19.9 Å². The molecule has 1 fully saturated rings. The Bertz CT molecular complexity index is 772. The fourth-order valence-corrected chi connectivity index (χ4v) is 3.04. The molecule has 1 aliphatic heterocycles. The molecule has 132 valence electrons. The second-order valence-electron chi connectivity index (χ2n) is 6.71. The van der Waals surface area contributed by atoms with Crippen LogP contribution in [0.5, 0.6) is 5.88 Å². The highest BCUT2D eigenvalue weighted by atomic mass is 19.1. The van der Waals surface area contributed by atoms with E-state index in [9.17, 15) is 4.39 Å². The van der Waals surface area contributed by atoms with Crippen molar-refractivity contribution < 1.29 is 9.13 Å². The lowest BCUT2D eigenvalue weighted by molar-refractivity contribution is 0.272. The molecule has 0 spiro atoms. The van der Waals surface area contributed by atoms with Gasteiger partial charge in [0.25, 0.3) is 0 Å². The summed E-state index contributed by atoms with van der Waals surface area (Å²) in [6.45, 7) is 6.28. The number of piperidine rings is 1. The van der Waals surface area contributed by atoms with Crippen molar-refractivity contribution in [2.45, 2.75) is 45.3 Å². The summed E-state index contributed by atoms with van der Waals surface area (Å²) in [6.07, 6.45) is 4.15. The van der Waals surface area contributed by atoms with E-state index in [1.54, 1.807) is 12.1 Å². The molecule has 0 aliphatic carbocycles. The number of nitrogens with one attached hydrogen (secondary N) is 1. The number of nitrogens with zero attached hydrogens (tertiary/aromatic N) is 3. The summed E-state index contributed by atoms with van der Waals surface area (Å²) in [4.78, 5) is 0. The van der Waals surface area contributed by atoms with Crippen molar-refractivity contribution in [3.8, 4) is 11.9 Å². The van der Waals surface area contributed by atoms with Crippen LogP contribution in [-0.4, -0.2) is 22.9 Å². The molecular formula is C19H23FN4O. The molecule has 3 rings (SSSR count). The first-order valence-corrected chi connectivity index (χ1v) is 8.69. The number of nitriles is 1. The Morgan fingerprint density at radius 1 is 1.40 bits per heavy atom. The molecule has 25 heavy (non-hydrogen) atoms. The summed E-state index contributed by atoms with van der Waals surface area (Å²) < 4.78 is 21.9. The van der Waals surface area contributed by atoms with Crippen molar-refractivity contribution in [2.24, 2.45) is 0 Å². The third-order valence-electron chi connectivity index (χ3n) is 4.58. The van der Waals surface area contributed by atoms with Gasteiger partial charge in [-0.15, -0.1) is 5.10 Å². The molecule has 2 heterocycles. The van der Waals surface area contributed by atoms with Gasteiger partial charge in [-0.25, -0.2) is 4.39 Å². The maximum atomic E-state index is 14.0. The van der Waals surface area contributed by atoms with Crippen LogP contribution in [-0.2, 0) is 6.61 Å². The predicted octanol–water partition coefficient (Wildman–Crippen LogP) is 3.52. The molecule has 0 bridgehead atoms. The average molecular weight is 342 g/mol. The van der Waals surface area contributed by atoms with Crippen molar-refractivity contribution in [2.75, 3.05) is 13.1 Å². The van der Waals surface area contributed by atoms with Crippen molar-refractivity contribution in [1.82, 2.24) is 15.1 Å². The van der Waals surface area contributed by atoms with E-state index < -0.39 is 5.82 Å². The molecule has 0 saturated carbocycles. The zero-order valence-corrected chi connectivity index (χ0v) is 14.6. The van der Waals surface area contributed by atoms with Gasteiger partial charge in [-0.2, -0.15) is 5.26 Å². The summed E-state index contributed by atoms with van der Waals surface area (Å²) in [6, 6.07) is 6.73. The second-order valence-corrected chi connectivity index (χ2v) is 6.71. The third kappa shape index (κ3) is 3.99. The lowest BCUT2D eigenvalue weighted by Crippen LogP contribution is -2.29. The molecule has 1 aliphatic rings. The summed E-state index contributed by atoms with van der Waals surface area (Å²) >= 11 is 0. The van der Waals surface area contributed by atoms with Gasteiger partial charge in [0, 0.05) is 17.3 Å². The van der Waals surface area contributed by atoms with Crippen LogP contribution in [0.4, 0.5) is 4.39 Å². The fraction of sp³-hybridized carbons (Fsp3) is 0.474. The van der Waals surface area contributed by atoms with Crippen LogP contribution >= 0.6 is 0 Å². The molecule has 0 amide bonds. The first-order valence-electron chi connectivity index (χ1n) is 8.69. The summed E-state index contributed by atoms with van der Waals surface area (Å²) in [5, 5.41) is 16.8.